The topological polar surface area (TPSA) is 29.1 Å². The molecule has 2 aromatic rings. The van der Waals surface area contributed by atoms with Gasteiger partial charge in [0.15, 0.2) is 5.78 Å². The summed E-state index contributed by atoms with van der Waals surface area (Å²) in [5, 5.41) is 3.99. The first kappa shape index (κ1) is 16.5. The summed E-state index contributed by atoms with van der Waals surface area (Å²) in [4.78, 5) is 11.9. The molecule has 0 heterocycles. The van der Waals surface area contributed by atoms with Gasteiger partial charge in [0.1, 0.15) is 0 Å². The first-order chi connectivity index (χ1) is 10.6. The highest BCUT2D eigenvalue weighted by molar-refractivity contribution is 6.30. The molecule has 0 saturated carbocycles. The number of carbonyl (C=O) groups is 1. The predicted molar refractivity (Wildman–Crippen MR) is 93.1 cm³/mol. The first-order valence-electron chi connectivity index (χ1n) is 7.37. The number of halogens is 1. The second-order valence-corrected chi connectivity index (χ2v) is 5.76. The molecule has 0 fully saturated rings. The van der Waals surface area contributed by atoms with Crippen molar-refractivity contribution in [3.05, 3.63) is 76.8 Å². The molecule has 2 rings (SSSR count). The van der Waals surface area contributed by atoms with E-state index in [0.717, 1.165) is 17.0 Å². The molecule has 114 valence electrons. The minimum atomic E-state index is 0.0757. The van der Waals surface area contributed by atoms with Crippen LogP contribution < -0.4 is 5.32 Å². The highest BCUT2D eigenvalue weighted by atomic mass is 35.5. The lowest BCUT2D eigenvalue weighted by molar-refractivity contribution is -0.113. The second-order valence-electron chi connectivity index (χ2n) is 5.32. The highest BCUT2D eigenvalue weighted by Crippen LogP contribution is 2.11. The van der Waals surface area contributed by atoms with Gasteiger partial charge in [-0.25, -0.2) is 0 Å². The summed E-state index contributed by atoms with van der Waals surface area (Å²) in [6.45, 7) is 2.42. The largest absolute Gasteiger partial charge is 0.307 e. The zero-order valence-electron chi connectivity index (χ0n) is 12.6. The molecule has 0 aliphatic rings. The third kappa shape index (κ3) is 5.84. The Morgan fingerprint density at radius 3 is 2.50 bits per heavy atom. The monoisotopic (exact) mass is 313 g/mol. The number of benzene rings is 2. The van der Waals surface area contributed by atoms with E-state index in [-0.39, 0.29) is 11.8 Å². The van der Waals surface area contributed by atoms with Crippen LogP contribution in [-0.4, -0.2) is 18.4 Å². The van der Waals surface area contributed by atoms with Crippen molar-refractivity contribution in [2.75, 3.05) is 6.54 Å². The van der Waals surface area contributed by atoms with E-state index in [9.17, 15) is 4.79 Å². The summed E-state index contributed by atoms with van der Waals surface area (Å²) < 4.78 is 0. The molecule has 0 unspecified atom stereocenters. The number of carbonyl (C=O) groups excluding carboxylic acids is 1. The summed E-state index contributed by atoms with van der Waals surface area (Å²) in [5.74, 6) is 0.0757. The second kappa shape index (κ2) is 8.52. The molecule has 0 bridgehead atoms. The van der Waals surface area contributed by atoms with Gasteiger partial charge in [0.2, 0.25) is 0 Å². The third-order valence-electron chi connectivity index (χ3n) is 3.34. The van der Waals surface area contributed by atoms with Crippen LogP contribution in [0.25, 0.3) is 6.08 Å². The summed E-state index contributed by atoms with van der Waals surface area (Å²) >= 11 is 5.87. The van der Waals surface area contributed by atoms with Crippen molar-refractivity contribution >= 4 is 23.5 Å². The number of nitrogens with one attached hydrogen (secondary N) is 1. The van der Waals surface area contributed by atoms with Gasteiger partial charge in [0.05, 0.1) is 6.54 Å². The Morgan fingerprint density at radius 2 is 1.82 bits per heavy atom. The van der Waals surface area contributed by atoms with Gasteiger partial charge in [-0.05, 0) is 42.7 Å². The Hall–Kier alpha value is -1.90. The minimum absolute atomic E-state index is 0.0757. The maximum atomic E-state index is 11.9. The SMILES string of the molecule is C[C@H](Cc1ccc(Cl)cc1)NCC(=O)/C=C/c1ccccc1. The molecule has 22 heavy (non-hydrogen) atoms. The predicted octanol–water partition coefficient (Wildman–Crippen LogP) is 4.14. The van der Waals surface area contributed by atoms with Crippen LogP contribution in [-0.2, 0) is 11.2 Å². The lowest BCUT2D eigenvalue weighted by Crippen LogP contribution is -2.32. The van der Waals surface area contributed by atoms with Crippen molar-refractivity contribution in [2.45, 2.75) is 19.4 Å². The van der Waals surface area contributed by atoms with E-state index in [4.69, 9.17) is 11.6 Å². The van der Waals surface area contributed by atoms with Crippen LogP contribution >= 0.6 is 11.6 Å². The first-order valence-corrected chi connectivity index (χ1v) is 7.75. The van der Waals surface area contributed by atoms with E-state index in [1.54, 1.807) is 6.08 Å². The number of ketones is 1. The zero-order chi connectivity index (χ0) is 15.8. The van der Waals surface area contributed by atoms with Gasteiger partial charge in [-0.2, -0.15) is 0 Å². The van der Waals surface area contributed by atoms with Crippen molar-refractivity contribution in [1.82, 2.24) is 5.32 Å². The van der Waals surface area contributed by atoms with Crippen LogP contribution in [0.1, 0.15) is 18.1 Å². The average molecular weight is 314 g/mol. The lowest BCUT2D eigenvalue weighted by atomic mass is 10.1. The summed E-state index contributed by atoms with van der Waals surface area (Å²) in [6, 6.07) is 17.8. The number of rotatable bonds is 7. The molecule has 0 saturated heterocycles. The zero-order valence-corrected chi connectivity index (χ0v) is 13.4. The van der Waals surface area contributed by atoms with E-state index in [1.165, 1.54) is 5.56 Å². The maximum Gasteiger partial charge on any atom is 0.169 e. The molecule has 0 spiro atoms. The van der Waals surface area contributed by atoms with Crippen LogP contribution in [0.4, 0.5) is 0 Å². The normalized spacial score (nSPS) is 12.5. The van der Waals surface area contributed by atoms with Crippen molar-refractivity contribution in [1.29, 1.82) is 0 Å². The summed E-state index contributed by atoms with van der Waals surface area (Å²) in [7, 11) is 0. The fourth-order valence-corrected chi connectivity index (χ4v) is 2.26. The number of hydrogen-bond donors (Lipinski definition) is 1. The van der Waals surface area contributed by atoms with Crippen LogP contribution in [0, 0.1) is 0 Å². The molecule has 0 aromatic heterocycles. The Balaban J connectivity index is 1.76. The molecule has 0 aliphatic carbocycles. The number of hydrogen-bond acceptors (Lipinski definition) is 2. The van der Waals surface area contributed by atoms with Crippen LogP contribution in [0.3, 0.4) is 0 Å². The van der Waals surface area contributed by atoms with Crippen molar-refractivity contribution in [3.8, 4) is 0 Å². The minimum Gasteiger partial charge on any atom is -0.307 e. The molecule has 2 nitrogen and oxygen atoms in total. The molecule has 2 aromatic carbocycles. The van der Waals surface area contributed by atoms with Gasteiger partial charge >= 0.3 is 0 Å². The fraction of sp³-hybridized carbons (Fsp3) is 0.211. The van der Waals surface area contributed by atoms with Gasteiger partial charge in [0, 0.05) is 11.1 Å². The van der Waals surface area contributed by atoms with E-state index in [2.05, 4.69) is 12.2 Å². The van der Waals surface area contributed by atoms with Gasteiger partial charge in [0.25, 0.3) is 0 Å². The van der Waals surface area contributed by atoms with E-state index >= 15 is 0 Å². The van der Waals surface area contributed by atoms with Crippen molar-refractivity contribution < 1.29 is 4.79 Å². The molecule has 3 heteroatoms. The van der Waals surface area contributed by atoms with Crippen LogP contribution in [0.2, 0.25) is 5.02 Å². The molecular weight excluding hydrogens is 294 g/mol. The fourth-order valence-electron chi connectivity index (χ4n) is 2.13. The van der Waals surface area contributed by atoms with E-state index in [1.807, 2.05) is 60.7 Å². The van der Waals surface area contributed by atoms with Gasteiger partial charge in [-0.1, -0.05) is 60.1 Å². The van der Waals surface area contributed by atoms with Gasteiger partial charge in [-0.3, -0.25) is 4.79 Å². The Morgan fingerprint density at radius 1 is 1.14 bits per heavy atom. The van der Waals surface area contributed by atoms with Crippen LogP contribution in [0.15, 0.2) is 60.7 Å². The van der Waals surface area contributed by atoms with Gasteiger partial charge in [-0.15, -0.1) is 0 Å². The summed E-state index contributed by atoms with van der Waals surface area (Å²) in [5.41, 5.74) is 2.24. The highest BCUT2D eigenvalue weighted by Gasteiger charge is 2.05. The van der Waals surface area contributed by atoms with Crippen LogP contribution in [0.5, 0.6) is 0 Å². The maximum absolute atomic E-state index is 11.9. The Bertz CT molecular complexity index is 620. The van der Waals surface area contributed by atoms with E-state index < -0.39 is 0 Å². The molecule has 0 amide bonds. The van der Waals surface area contributed by atoms with Gasteiger partial charge < -0.3 is 5.32 Å². The smallest absolute Gasteiger partial charge is 0.169 e. The van der Waals surface area contributed by atoms with E-state index in [0.29, 0.717) is 6.54 Å². The lowest BCUT2D eigenvalue weighted by Gasteiger charge is -2.12. The van der Waals surface area contributed by atoms with Crippen molar-refractivity contribution in [3.63, 3.8) is 0 Å². The Kier molecular flexibility index (Phi) is 6.38. The third-order valence-corrected chi connectivity index (χ3v) is 3.59. The quantitative estimate of drug-likeness (QED) is 0.778. The molecule has 0 radical (unpaired) electrons. The summed E-state index contributed by atoms with van der Waals surface area (Å²) in [6.07, 6.45) is 4.33. The standard InChI is InChI=1S/C19H20ClNO/c1-15(13-17-7-10-18(20)11-8-17)21-14-19(22)12-9-16-5-3-2-4-6-16/h2-12,15,21H,13-14H2,1H3/b12-9+/t15-/m1/s1. The molecule has 1 N–H and O–H groups in total. The molecular formula is C19H20ClNO. The molecule has 0 aliphatic heterocycles. The Labute approximate surface area is 136 Å². The van der Waals surface area contributed by atoms with Crippen molar-refractivity contribution in [2.24, 2.45) is 0 Å². The average Bonchev–Trinajstić information content (AvgIpc) is 2.54. The molecule has 1 atom stereocenters.